The van der Waals surface area contributed by atoms with Gasteiger partial charge in [0.2, 0.25) is 5.91 Å². The molecule has 196 valence electrons. The quantitative estimate of drug-likeness (QED) is 0.252. The van der Waals surface area contributed by atoms with Crippen LogP contribution < -0.4 is 10.6 Å². The minimum absolute atomic E-state index is 0.104. The van der Waals surface area contributed by atoms with Gasteiger partial charge in [0, 0.05) is 22.7 Å². The predicted molar refractivity (Wildman–Crippen MR) is 150 cm³/mol. The Bertz CT molecular complexity index is 1220. The van der Waals surface area contributed by atoms with Crippen molar-refractivity contribution < 1.29 is 18.7 Å². The van der Waals surface area contributed by atoms with Gasteiger partial charge in [0.25, 0.3) is 0 Å². The number of carbonyl (C=O) groups is 1. The number of benzene rings is 3. The van der Waals surface area contributed by atoms with Crippen LogP contribution in [-0.2, 0) is 30.6 Å². The zero-order chi connectivity index (χ0) is 26.4. The van der Waals surface area contributed by atoms with E-state index in [1.165, 1.54) is 23.3 Å². The molecule has 4 rings (SSSR count). The second-order valence-electron chi connectivity index (χ2n) is 9.77. The molecule has 0 bridgehead atoms. The summed E-state index contributed by atoms with van der Waals surface area (Å²) in [5.41, 5.74) is 5.07. The normalized spacial score (nSPS) is 15.2. The molecular weight excluding hydrogens is 585 g/mol. The maximum absolute atomic E-state index is 13.9. The Morgan fingerprint density at radius 1 is 1.00 bits per heavy atom. The number of hydrogen-bond acceptors (Lipinski definition) is 3. The van der Waals surface area contributed by atoms with Crippen molar-refractivity contribution in [1.29, 1.82) is 0 Å². The summed E-state index contributed by atoms with van der Waals surface area (Å²) in [6.07, 6.45) is 2.98. The lowest BCUT2D eigenvalue weighted by Gasteiger charge is -2.27. The van der Waals surface area contributed by atoms with Crippen LogP contribution in [0.15, 0.2) is 60.7 Å². The number of carbonyl (C=O) groups excluding carboxylic acids is 1. The third kappa shape index (κ3) is 7.58. The van der Waals surface area contributed by atoms with Gasteiger partial charge < -0.3 is 15.7 Å². The molecule has 3 aromatic rings. The molecule has 0 fully saturated rings. The number of hydrogen-bond donors (Lipinski definition) is 3. The molecule has 0 saturated heterocycles. The molecule has 1 aliphatic rings. The van der Waals surface area contributed by atoms with Gasteiger partial charge in [0.1, 0.15) is 11.6 Å². The molecule has 37 heavy (non-hydrogen) atoms. The van der Waals surface area contributed by atoms with E-state index in [0.29, 0.717) is 18.5 Å². The highest BCUT2D eigenvalue weighted by molar-refractivity contribution is 14.1. The number of rotatable bonds is 11. The SMILES string of the molecule is CCC(C(=O)N[C@@H](Cc1cc(F)cc(F)c1)[C@@H](O)CNCc1cccc(I)c1)c1ccc2c(c1)CCC2. The number of fused-ring (bicyclic) bond motifs is 1. The van der Waals surface area contributed by atoms with E-state index in [4.69, 9.17) is 0 Å². The van der Waals surface area contributed by atoms with Crippen LogP contribution in [-0.4, -0.2) is 29.7 Å². The zero-order valence-electron chi connectivity index (χ0n) is 20.9. The Hall–Kier alpha value is -2.36. The van der Waals surface area contributed by atoms with Crippen LogP contribution in [0.25, 0.3) is 0 Å². The molecule has 7 heteroatoms. The first kappa shape index (κ1) is 27.7. The number of nitrogens with one attached hydrogen (secondary N) is 2. The molecule has 3 atom stereocenters. The summed E-state index contributed by atoms with van der Waals surface area (Å²) in [5, 5.41) is 17.3. The van der Waals surface area contributed by atoms with Gasteiger partial charge in [-0.1, -0.05) is 37.3 Å². The van der Waals surface area contributed by atoms with Crippen LogP contribution in [0.1, 0.15) is 53.5 Å². The minimum Gasteiger partial charge on any atom is -0.390 e. The number of amides is 1. The molecule has 0 spiro atoms. The Kier molecular flexibility index (Phi) is 9.67. The smallest absolute Gasteiger partial charge is 0.227 e. The molecular formula is C30H33F2IN2O2. The number of aliphatic hydroxyl groups is 1. The Balaban J connectivity index is 1.48. The molecule has 3 aromatic carbocycles. The van der Waals surface area contributed by atoms with Crippen LogP contribution in [0.2, 0.25) is 0 Å². The lowest BCUT2D eigenvalue weighted by atomic mass is 9.91. The van der Waals surface area contributed by atoms with E-state index >= 15 is 0 Å². The van der Waals surface area contributed by atoms with Crippen molar-refractivity contribution in [2.45, 2.75) is 63.6 Å². The molecule has 1 unspecified atom stereocenters. The highest BCUT2D eigenvalue weighted by atomic mass is 127. The average molecular weight is 619 g/mol. The van der Waals surface area contributed by atoms with Gasteiger partial charge in [-0.15, -0.1) is 0 Å². The number of halogens is 3. The van der Waals surface area contributed by atoms with E-state index in [-0.39, 0.29) is 24.8 Å². The molecule has 0 aromatic heterocycles. The first-order valence-corrected chi connectivity index (χ1v) is 13.9. The van der Waals surface area contributed by atoms with E-state index in [1.54, 1.807) is 0 Å². The Labute approximate surface area is 231 Å². The van der Waals surface area contributed by atoms with Gasteiger partial charge in [0.05, 0.1) is 18.1 Å². The monoisotopic (exact) mass is 618 g/mol. The van der Waals surface area contributed by atoms with Crippen molar-refractivity contribution in [2.75, 3.05) is 6.54 Å². The standard InChI is InChI=1S/C30H33F2IN2O2/c1-2-27(23-10-9-21-6-4-7-22(21)15-23)30(37)35-28(14-20-11-24(31)16-25(32)12-20)29(36)18-34-17-19-5-3-8-26(33)13-19/h3,5,8-13,15-16,27-29,34,36H,2,4,6-7,14,17-18H2,1H3,(H,35,37)/t27?,28-,29-/m0/s1. The fraction of sp³-hybridized carbons (Fsp3) is 0.367. The molecule has 1 amide bonds. The fourth-order valence-electron chi connectivity index (χ4n) is 5.08. The first-order chi connectivity index (χ1) is 17.8. The summed E-state index contributed by atoms with van der Waals surface area (Å²) in [7, 11) is 0. The summed E-state index contributed by atoms with van der Waals surface area (Å²) in [5.74, 6) is -1.94. The highest BCUT2D eigenvalue weighted by Crippen LogP contribution is 2.28. The van der Waals surface area contributed by atoms with Crippen LogP contribution in [0.4, 0.5) is 8.78 Å². The van der Waals surface area contributed by atoms with Gasteiger partial charge in [-0.25, -0.2) is 8.78 Å². The zero-order valence-corrected chi connectivity index (χ0v) is 23.1. The van der Waals surface area contributed by atoms with E-state index in [1.807, 2.05) is 31.2 Å². The van der Waals surface area contributed by atoms with Gasteiger partial charge in [0.15, 0.2) is 0 Å². The lowest BCUT2D eigenvalue weighted by molar-refractivity contribution is -0.124. The van der Waals surface area contributed by atoms with Crippen LogP contribution >= 0.6 is 22.6 Å². The van der Waals surface area contributed by atoms with E-state index in [2.05, 4.69) is 51.4 Å². The maximum Gasteiger partial charge on any atom is 0.227 e. The molecule has 0 heterocycles. The second-order valence-corrected chi connectivity index (χ2v) is 11.0. The van der Waals surface area contributed by atoms with Crippen molar-refractivity contribution in [1.82, 2.24) is 10.6 Å². The topological polar surface area (TPSA) is 61.4 Å². The first-order valence-electron chi connectivity index (χ1n) is 12.8. The van der Waals surface area contributed by atoms with Gasteiger partial charge in [-0.05, 0) is 107 Å². The van der Waals surface area contributed by atoms with Crippen LogP contribution in [0.5, 0.6) is 0 Å². The molecule has 0 radical (unpaired) electrons. The summed E-state index contributed by atoms with van der Waals surface area (Å²) < 4.78 is 28.9. The van der Waals surface area contributed by atoms with Crippen molar-refractivity contribution in [3.8, 4) is 0 Å². The van der Waals surface area contributed by atoms with Gasteiger partial charge >= 0.3 is 0 Å². The third-order valence-electron chi connectivity index (χ3n) is 6.99. The molecule has 0 aliphatic heterocycles. The molecule has 4 nitrogen and oxygen atoms in total. The second kappa shape index (κ2) is 12.9. The van der Waals surface area contributed by atoms with Crippen molar-refractivity contribution in [3.63, 3.8) is 0 Å². The Morgan fingerprint density at radius 2 is 1.76 bits per heavy atom. The summed E-state index contributed by atoms with van der Waals surface area (Å²) in [6, 6.07) is 16.9. The fourth-order valence-corrected chi connectivity index (χ4v) is 5.69. The molecule has 1 aliphatic carbocycles. The number of aliphatic hydroxyl groups excluding tert-OH is 1. The lowest BCUT2D eigenvalue weighted by Crippen LogP contribution is -2.49. The van der Waals surface area contributed by atoms with E-state index < -0.39 is 23.8 Å². The Morgan fingerprint density at radius 3 is 2.49 bits per heavy atom. The van der Waals surface area contributed by atoms with Gasteiger partial charge in [-0.3, -0.25) is 4.79 Å². The third-order valence-corrected chi connectivity index (χ3v) is 7.66. The molecule has 3 N–H and O–H groups in total. The number of aryl methyl sites for hydroxylation is 2. The van der Waals surface area contributed by atoms with E-state index in [9.17, 15) is 18.7 Å². The maximum atomic E-state index is 13.9. The van der Waals surface area contributed by atoms with Gasteiger partial charge in [-0.2, -0.15) is 0 Å². The van der Waals surface area contributed by atoms with Crippen molar-refractivity contribution >= 4 is 28.5 Å². The highest BCUT2D eigenvalue weighted by Gasteiger charge is 2.27. The van der Waals surface area contributed by atoms with E-state index in [0.717, 1.165) is 40.0 Å². The predicted octanol–water partition coefficient (Wildman–Crippen LogP) is 5.43. The minimum atomic E-state index is -0.962. The summed E-state index contributed by atoms with van der Waals surface area (Å²) >= 11 is 2.25. The average Bonchev–Trinajstić information content (AvgIpc) is 3.31. The largest absolute Gasteiger partial charge is 0.390 e. The van der Waals surface area contributed by atoms with Crippen LogP contribution in [0, 0.1) is 15.2 Å². The summed E-state index contributed by atoms with van der Waals surface area (Å²) in [6.45, 7) is 2.73. The van der Waals surface area contributed by atoms with Crippen molar-refractivity contribution in [2.24, 2.45) is 0 Å². The van der Waals surface area contributed by atoms with Crippen molar-refractivity contribution in [3.05, 3.63) is 104 Å². The summed E-state index contributed by atoms with van der Waals surface area (Å²) in [4.78, 5) is 13.5. The molecule has 0 saturated carbocycles. The van der Waals surface area contributed by atoms with Crippen LogP contribution in [0.3, 0.4) is 0 Å².